The molecule has 174 valence electrons. The highest BCUT2D eigenvalue weighted by atomic mass is 32.2. The molecule has 1 aliphatic rings. The summed E-state index contributed by atoms with van der Waals surface area (Å²) in [4.78, 5) is 26.8. The molecular weight excluding hydrogens is 438 g/mol. The molecule has 0 radical (unpaired) electrons. The first-order valence-corrected chi connectivity index (χ1v) is 12.5. The van der Waals surface area contributed by atoms with Crippen molar-refractivity contribution >= 4 is 21.7 Å². The van der Waals surface area contributed by atoms with Crippen molar-refractivity contribution in [1.82, 2.24) is 9.21 Å². The van der Waals surface area contributed by atoms with Crippen LogP contribution in [0.5, 0.6) is 0 Å². The number of Topliss-reactive ketones (excluding diaryl/α,β-unsaturated/α-hetero) is 1. The molecule has 1 aliphatic heterocycles. The molecule has 0 spiro atoms. The van der Waals surface area contributed by atoms with Gasteiger partial charge in [0.15, 0.2) is 5.78 Å². The predicted molar refractivity (Wildman–Crippen MR) is 125 cm³/mol. The molecule has 1 unspecified atom stereocenters. The fraction of sp³-hybridized carbons (Fsp3) is 0.400. The molecule has 1 atom stereocenters. The highest BCUT2D eigenvalue weighted by Gasteiger charge is 2.35. The summed E-state index contributed by atoms with van der Waals surface area (Å²) in [6.07, 6.45) is 0.891. The van der Waals surface area contributed by atoms with Crippen LogP contribution in [-0.2, 0) is 14.8 Å². The SMILES string of the molecule is CCN(C(=O)C1CCN(S(=O)(=O)c2cccc(C(C)=O)c2)CC1)C(C)c1ccc(C#N)cc1. The highest BCUT2D eigenvalue weighted by Crippen LogP contribution is 2.29. The summed E-state index contributed by atoms with van der Waals surface area (Å²) >= 11 is 0. The van der Waals surface area contributed by atoms with Crippen LogP contribution in [0.25, 0.3) is 0 Å². The van der Waals surface area contributed by atoms with E-state index in [1.54, 1.807) is 24.3 Å². The molecule has 2 aromatic carbocycles. The maximum Gasteiger partial charge on any atom is 0.243 e. The van der Waals surface area contributed by atoms with Gasteiger partial charge in [-0.2, -0.15) is 9.57 Å². The summed E-state index contributed by atoms with van der Waals surface area (Å²) < 4.78 is 27.5. The monoisotopic (exact) mass is 467 g/mol. The van der Waals surface area contributed by atoms with Gasteiger partial charge < -0.3 is 4.90 Å². The molecule has 3 rings (SSSR count). The summed E-state index contributed by atoms with van der Waals surface area (Å²) in [5.74, 6) is -0.418. The molecule has 1 heterocycles. The van der Waals surface area contributed by atoms with Crippen LogP contribution in [0.3, 0.4) is 0 Å². The van der Waals surface area contributed by atoms with Crippen LogP contribution < -0.4 is 0 Å². The number of carbonyl (C=O) groups is 2. The zero-order valence-electron chi connectivity index (χ0n) is 19.2. The fourth-order valence-electron chi connectivity index (χ4n) is 4.24. The average molecular weight is 468 g/mol. The second-order valence-corrected chi connectivity index (χ2v) is 10.2. The number of sulfonamides is 1. The van der Waals surface area contributed by atoms with Crippen molar-refractivity contribution in [2.75, 3.05) is 19.6 Å². The van der Waals surface area contributed by atoms with Gasteiger partial charge in [0.1, 0.15) is 0 Å². The van der Waals surface area contributed by atoms with Crippen LogP contribution in [-0.4, -0.2) is 48.9 Å². The van der Waals surface area contributed by atoms with Crippen LogP contribution >= 0.6 is 0 Å². The Labute approximate surface area is 195 Å². The van der Waals surface area contributed by atoms with E-state index in [0.29, 0.717) is 30.5 Å². The van der Waals surface area contributed by atoms with Crippen LogP contribution in [0, 0.1) is 17.2 Å². The number of carbonyl (C=O) groups excluding carboxylic acids is 2. The van der Waals surface area contributed by atoms with E-state index in [4.69, 9.17) is 5.26 Å². The lowest BCUT2D eigenvalue weighted by Gasteiger charge is -2.36. The first kappa shape index (κ1) is 24.6. The Balaban J connectivity index is 1.68. The first-order chi connectivity index (χ1) is 15.7. The molecule has 1 fully saturated rings. The standard InChI is InChI=1S/C25H29N3O4S/c1-4-28(18(2)21-10-8-20(17-26)9-11-21)25(30)22-12-14-27(15-13-22)33(31,32)24-7-5-6-23(16-24)19(3)29/h5-11,16,18,22H,4,12-15H2,1-3H3. The molecule has 7 nitrogen and oxygen atoms in total. The van der Waals surface area contributed by atoms with Gasteiger partial charge in [-0.05, 0) is 63.4 Å². The maximum atomic E-state index is 13.3. The van der Waals surface area contributed by atoms with E-state index < -0.39 is 10.0 Å². The number of rotatable bonds is 7. The maximum absolute atomic E-state index is 13.3. The summed E-state index contributed by atoms with van der Waals surface area (Å²) in [5, 5.41) is 8.99. The number of hydrogen-bond acceptors (Lipinski definition) is 5. The Morgan fingerprint density at radius 1 is 1.15 bits per heavy atom. The van der Waals surface area contributed by atoms with Gasteiger partial charge in [-0.1, -0.05) is 24.3 Å². The third-order valence-electron chi connectivity index (χ3n) is 6.29. The van der Waals surface area contributed by atoms with Crippen molar-refractivity contribution < 1.29 is 18.0 Å². The summed E-state index contributed by atoms with van der Waals surface area (Å²) in [7, 11) is -3.73. The number of ketones is 1. The van der Waals surface area contributed by atoms with E-state index >= 15 is 0 Å². The lowest BCUT2D eigenvalue weighted by atomic mass is 9.95. The molecule has 1 amide bonds. The summed E-state index contributed by atoms with van der Waals surface area (Å²) in [5.41, 5.74) is 1.88. The third kappa shape index (κ3) is 5.32. The van der Waals surface area contributed by atoms with E-state index in [1.807, 2.05) is 30.9 Å². The molecule has 8 heteroatoms. The number of nitrogens with zero attached hydrogens (tertiary/aromatic N) is 3. The van der Waals surface area contributed by atoms with Gasteiger partial charge in [0.2, 0.25) is 15.9 Å². The van der Waals surface area contributed by atoms with Crippen molar-refractivity contribution in [3.63, 3.8) is 0 Å². The van der Waals surface area contributed by atoms with Gasteiger partial charge in [-0.15, -0.1) is 0 Å². The zero-order chi connectivity index (χ0) is 24.2. The van der Waals surface area contributed by atoms with Crippen LogP contribution in [0.2, 0.25) is 0 Å². The molecular formula is C25H29N3O4S. The van der Waals surface area contributed by atoms with E-state index in [9.17, 15) is 18.0 Å². The number of piperidine rings is 1. The minimum Gasteiger partial charge on any atom is -0.336 e. The lowest BCUT2D eigenvalue weighted by molar-refractivity contribution is -0.138. The number of nitriles is 1. The lowest BCUT2D eigenvalue weighted by Crippen LogP contribution is -2.45. The normalized spacial score (nSPS) is 16.1. The van der Waals surface area contributed by atoms with Crippen molar-refractivity contribution in [2.24, 2.45) is 5.92 Å². The van der Waals surface area contributed by atoms with E-state index in [-0.39, 0.29) is 41.6 Å². The summed E-state index contributed by atoms with van der Waals surface area (Å²) in [6, 6.07) is 15.2. The molecule has 0 saturated carbocycles. The predicted octanol–water partition coefficient (Wildman–Crippen LogP) is 3.77. The van der Waals surface area contributed by atoms with Crippen molar-refractivity contribution in [1.29, 1.82) is 5.26 Å². The largest absolute Gasteiger partial charge is 0.336 e. The molecule has 0 bridgehead atoms. The second-order valence-electron chi connectivity index (χ2n) is 8.30. The zero-order valence-corrected chi connectivity index (χ0v) is 20.0. The van der Waals surface area contributed by atoms with Gasteiger partial charge in [0, 0.05) is 31.1 Å². The highest BCUT2D eigenvalue weighted by molar-refractivity contribution is 7.89. The van der Waals surface area contributed by atoms with Gasteiger partial charge in [0.25, 0.3) is 0 Å². The molecule has 0 N–H and O–H groups in total. The van der Waals surface area contributed by atoms with Crippen LogP contribution in [0.4, 0.5) is 0 Å². The second kappa shape index (κ2) is 10.3. The van der Waals surface area contributed by atoms with Crippen LogP contribution in [0.15, 0.2) is 53.4 Å². The van der Waals surface area contributed by atoms with Gasteiger partial charge in [-0.3, -0.25) is 9.59 Å². The van der Waals surface area contributed by atoms with Crippen LogP contribution in [0.1, 0.15) is 61.1 Å². The Hall–Kier alpha value is -3.02. The Morgan fingerprint density at radius 3 is 2.33 bits per heavy atom. The molecule has 0 aromatic heterocycles. The number of hydrogen-bond donors (Lipinski definition) is 0. The fourth-order valence-corrected chi connectivity index (χ4v) is 5.76. The quantitative estimate of drug-likeness (QED) is 0.577. The Kier molecular flexibility index (Phi) is 7.67. The Bertz CT molecular complexity index is 1160. The average Bonchev–Trinajstić information content (AvgIpc) is 2.84. The van der Waals surface area contributed by atoms with E-state index in [0.717, 1.165) is 5.56 Å². The molecule has 1 saturated heterocycles. The minimum atomic E-state index is -3.73. The van der Waals surface area contributed by atoms with Crippen molar-refractivity contribution in [2.45, 2.75) is 44.6 Å². The smallest absolute Gasteiger partial charge is 0.243 e. The van der Waals surface area contributed by atoms with E-state index in [1.165, 1.54) is 23.4 Å². The van der Waals surface area contributed by atoms with Crippen molar-refractivity contribution in [3.8, 4) is 6.07 Å². The molecule has 0 aliphatic carbocycles. The first-order valence-electron chi connectivity index (χ1n) is 11.1. The summed E-state index contributed by atoms with van der Waals surface area (Å²) in [6.45, 7) is 6.35. The topological polar surface area (TPSA) is 98.6 Å². The minimum absolute atomic E-state index is 0.0185. The number of benzene rings is 2. The van der Waals surface area contributed by atoms with Gasteiger partial charge >= 0.3 is 0 Å². The van der Waals surface area contributed by atoms with E-state index in [2.05, 4.69) is 6.07 Å². The molecule has 2 aromatic rings. The van der Waals surface area contributed by atoms with Crippen molar-refractivity contribution in [3.05, 3.63) is 65.2 Å². The van der Waals surface area contributed by atoms with Gasteiger partial charge in [0.05, 0.1) is 22.6 Å². The third-order valence-corrected chi connectivity index (χ3v) is 8.19. The number of amides is 1. The Morgan fingerprint density at radius 2 is 1.79 bits per heavy atom. The molecule has 33 heavy (non-hydrogen) atoms. The van der Waals surface area contributed by atoms with Gasteiger partial charge in [-0.25, -0.2) is 8.42 Å².